The van der Waals surface area contributed by atoms with Gasteiger partial charge in [-0.25, -0.2) is 0 Å². The molecular formula is C16H13N5. The summed E-state index contributed by atoms with van der Waals surface area (Å²) in [4.78, 5) is 6.72. The minimum Gasteiger partial charge on any atom is -0.367 e. The molecule has 0 spiro atoms. The topological polar surface area (TPSA) is 57.7 Å². The molecule has 1 saturated heterocycles. The summed E-state index contributed by atoms with van der Waals surface area (Å²) >= 11 is 0. The molecule has 21 heavy (non-hydrogen) atoms. The van der Waals surface area contributed by atoms with E-state index in [-0.39, 0.29) is 0 Å². The van der Waals surface area contributed by atoms with E-state index < -0.39 is 0 Å². The van der Waals surface area contributed by atoms with Crippen molar-refractivity contribution in [3.63, 3.8) is 0 Å². The fourth-order valence-electron chi connectivity index (χ4n) is 2.77. The molecule has 1 aromatic carbocycles. The molecule has 0 bridgehead atoms. The smallest absolute Gasteiger partial charge is 0.102 e. The molecule has 0 saturated carbocycles. The minimum atomic E-state index is 0.332. The van der Waals surface area contributed by atoms with Crippen LogP contribution in [0.5, 0.6) is 0 Å². The van der Waals surface area contributed by atoms with E-state index in [9.17, 15) is 0 Å². The Morgan fingerprint density at radius 2 is 2.05 bits per heavy atom. The van der Waals surface area contributed by atoms with Gasteiger partial charge in [-0.05, 0) is 12.1 Å². The number of hydrogen-bond acceptors (Lipinski definition) is 4. The normalized spacial score (nSPS) is 14.9. The summed E-state index contributed by atoms with van der Waals surface area (Å²) in [5, 5.41) is 14.3. The summed E-state index contributed by atoms with van der Waals surface area (Å²) in [6, 6.07) is 12.7. The molecule has 0 radical (unpaired) electrons. The van der Waals surface area contributed by atoms with E-state index in [0.29, 0.717) is 11.6 Å². The summed E-state index contributed by atoms with van der Waals surface area (Å²) in [6.45, 7) is 1.81. The number of rotatable bonds is 2. The molecule has 4 rings (SSSR count). The van der Waals surface area contributed by atoms with Crippen LogP contribution in [-0.2, 0) is 0 Å². The number of aromatic nitrogens is 3. The zero-order chi connectivity index (χ0) is 14.2. The molecule has 0 amide bonds. The van der Waals surface area contributed by atoms with Gasteiger partial charge in [-0.1, -0.05) is 18.2 Å². The lowest BCUT2D eigenvalue weighted by atomic mass is 10.1. The highest BCUT2D eigenvalue weighted by Gasteiger charge is 2.29. The number of pyridine rings is 1. The Labute approximate surface area is 122 Å². The first-order valence-corrected chi connectivity index (χ1v) is 6.88. The van der Waals surface area contributed by atoms with E-state index in [1.807, 2.05) is 35.3 Å². The van der Waals surface area contributed by atoms with Crippen LogP contribution >= 0.6 is 0 Å². The van der Waals surface area contributed by atoms with Crippen LogP contribution in [0.15, 0.2) is 48.9 Å². The van der Waals surface area contributed by atoms with Gasteiger partial charge in [-0.3, -0.25) is 9.67 Å². The number of anilines is 1. The third kappa shape index (κ3) is 1.93. The largest absolute Gasteiger partial charge is 0.367 e. The zero-order valence-corrected chi connectivity index (χ0v) is 11.3. The Balaban J connectivity index is 1.58. The van der Waals surface area contributed by atoms with Crippen LogP contribution in [0.2, 0.25) is 0 Å². The average molecular weight is 275 g/mol. The fourth-order valence-corrected chi connectivity index (χ4v) is 2.77. The lowest BCUT2D eigenvalue weighted by Crippen LogP contribution is -2.48. The highest BCUT2D eigenvalue weighted by atomic mass is 15.4. The second-order valence-electron chi connectivity index (χ2n) is 5.23. The molecule has 0 aliphatic carbocycles. The van der Waals surface area contributed by atoms with Gasteiger partial charge >= 0.3 is 0 Å². The number of benzene rings is 1. The number of para-hydroxylation sites is 1. The highest BCUT2D eigenvalue weighted by molar-refractivity contribution is 5.91. The van der Waals surface area contributed by atoms with Crippen LogP contribution in [0.1, 0.15) is 11.6 Å². The number of nitriles is 1. The van der Waals surface area contributed by atoms with Crippen LogP contribution in [0, 0.1) is 11.3 Å². The quantitative estimate of drug-likeness (QED) is 0.720. The molecule has 1 fully saturated rings. The lowest BCUT2D eigenvalue weighted by molar-refractivity contribution is 0.369. The monoisotopic (exact) mass is 275 g/mol. The van der Waals surface area contributed by atoms with Crippen LogP contribution in [0.4, 0.5) is 5.69 Å². The molecule has 0 atom stereocenters. The van der Waals surface area contributed by atoms with Gasteiger partial charge in [0, 0.05) is 36.6 Å². The Morgan fingerprint density at radius 3 is 2.86 bits per heavy atom. The van der Waals surface area contributed by atoms with Crippen LogP contribution in [-0.4, -0.2) is 27.9 Å². The maximum absolute atomic E-state index is 8.85. The van der Waals surface area contributed by atoms with E-state index in [1.54, 1.807) is 6.20 Å². The van der Waals surface area contributed by atoms with Crippen molar-refractivity contribution in [1.29, 1.82) is 5.26 Å². The predicted octanol–water partition coefficient (Wildman–Crippen LogP) is 2.36. The van der Waals surface area contributed by atoms with Crippen molar-refractivity contribution < 1.29 is 0 Å². The standard InChI is InChI=1S/C16H13N5/c17-7-12-8-19-21(9-12)13-10-20(11-13)16-5-6-18-15-4-2-1-3-14(15)16/h1-6,8-9,13H,10-11H2. The number of hydrogen-bond donors (Lipinski definition) is 0. The molecule has 0 unspecified atom stereocenters. The first-order valence-electron chi connectivity index (χ1n) is 6.88. The van der Waals surface area contributed by atoms with E-state index in [4.69, 9.17) is 5.26 Å². The van der Waals surface area contributed by atoms with Crippen molar-refractivity contribution in [3.05, 3.63) is 54.5 Å². The molecule has 5 nitrogen and oxygen atoms in total. The van der Waals surface area contributed by atoms with Gasteiger partial charge in [-0.2, -0.15) is 10.4 Å². The maximum atomic E-state index is 8.85. The molecule has 1 aliphatic rings. The first kappa shape index (κ1) is 11.9. The van der Waals surface area contributed by atoms with E-state index >= 15 is 0 Å². The van der Waals surface area contributed by atoms with Crippen molar-refractivity contribution in [2.75, 3.05) is 18.0 Å². The summed E-state index contributed by atoms with van der Waals surface area (Å²) in [7, 11) is 0. The predicted molar refractivity (Wildman–Crippen MR) is 79.9 cm³/mol. The van der Waals surface area contributed by atoms with Crippen LogP contribution < -0.4 is 4.90 Å². The minimum absolute atomic E-state index is 0.332. The molecule has 0 N–H and O–H groups in total. The molecule has 102 valence electrons. The Morgan fingerprint density at radius 1 is 1.19 bits per heavy atom. The fraction of sp³-hybridized carbons (Fsp3) is 0.188. The van der Waals surface area contributed by atoms with Crippen molar-refractivity contribution in [2.24, 2.45) is 0 Å². The number of nitrogens with zero attached hydrogens (tertiary/aromatic N) is 5. The second-order valence-corrected chi connectivity index (χ2v) is 5.23. The third-order valence-electron chi connectivity index (χ3n) is 3.93. The maximum Gasteiger partial charge on any atom is 0.102 e. The van der Waals surface area contributed by atoms with Gasteiger partial charge in [0.2, 0.25) is 0 Å². The van der Waals surface area contributed by atoms with Crippen molar-refractivity contribution in [3.8, 4) is 6.07 Å². The first-order chi connectivity index (χ1) is 10.3. The average Bonchev–Trinajstić information content (AvgIpc) is 2.95. The highest BCUT2D eigenvalue weighted by Crippen LogP contribution is 2.32. The summed E-state index contributed by atoms with van der Waals surface area (Å²) in [5.41, 5.74) is 2.84. The third-order valence-corrected chi connectivity index (χ3v) is 3.93. The summed E-state index contributed by atoms with van der Waals surface area (Å²) in [6.07, 6.45) is 5.28. The van der Waals surface area contributed by atoms with Gasteiger partial charge in [0.05, 0.1) is 23.3 Å². The Bertz CT molecular complexity index is 834. The van der Waals surface area contributed by atoms with E-state index in [1.165, 1.54) is 11.1 Å². The van der Waals surface area contributed by atoms with Gasteiger partial charge < -0.3 is 4.90 Å². The van der Waals surface area contributed by atoms with E-state index in [2.05, 4.69) is 33.2 Å². The molecule has 5 heteroatoms. The van der Waals surface area contributed by atoms with Crippen LogP contribution in [0.3, 0.4) is 0 Å². The summed E-state index contributed by atoms with van der Waals surface area (Å²) in [5.74, 6) is 0. The molecule has 3 aromatic rings. The lowest BCUT2D eigenvalue weighted by Gasteiger charge is -2.41. The van der Waals surface area contributed by atoms with Crippen molar-refractivity contribution in [1.82, 2.24) is 14.8 Å². The van der Waals surface area contributed by atoms with Gasteiger partial charge in [0.15, 0.2) is 0 Å². The van der Waals surface area contributed by atoms with Crippen molar-refractivity contribution in [2.45, 2.75) is 6.04 Å². The summed E-state index contributed by atoms with van der Waals surface area (Å²) < 4.78 is 1.89. The zero-order valence-electron chi connectivity index (χ0n) is 11.3. The molecule has 2 aromatic heterocycles. The SMILES string of the molecule is N#Cc1cnn(C2CN(c3ccnc4ccccc34)C2)c1. The van der Waals surface area contributed by atoms with E-state index in [0.717, 1.165) is 18.6 Å². The van der Waals surface area contributed by atoms with Gasteiger partial charge in [-0.15, -0.1) is 0 Å². The van der Waals surface area contributed by atoms with Gasteiger partial charge in [0.1, 0.15) is 6.07 Å². The second kappa shape index (κ2) is 4.60. The Hall–Kier alpha value is -2.87. The molecule has 1 aliphatic heterocycles. The molecular weight excluding hydrogens is 262 g/mol. The number of fused-ring (bicyclic) bond motifs is 1. The molecule has 3 heterocycles. The van der Waals surface area contributed by atoms with Crippen LogP contribution in [0.25, 0.3) is 10.9 Å². The van der Waals surface area contributed by atoms with Crippen molar-refractivity contribution >= 4 is 16.6 Å². The van der Waals surface area contributed by atoms with Gasteiger partial charge in [0.25, 0.3) is 0 Å². The Kier molecular flexibility index (Phi) is 2.61.